The number of amides is 1. The number of furan rings is 1. The minimum absolute atomic E-state index is 0.119. The van der Waals surface area contributed by atoms with Crippen molar-refractivity contribution < 1.29 is 9.21 Å². The first-order chi connectivity index (χ1) is 11.2. The van der Waals surface area contributed by atoms with E-state index in [1.165, 1.54) is 6.08 Å². The molecule has 0 unspecified atom stereocenters. The fourth-order valence-electron chi connectivity index (χ4n) is 2.28. The van der Waals surface area contributed by atoms with Crippen molar-refractivity contribution in [1.82, 2.24) is 14.9 Å². The summed E-state index contributed by atoms with van der Waals surface area (Å²) in [5.41, 5.74) is 2.11. The zero-order chi connectivity index (χ0) is 16.1. The van der Waals surface area contributed by atoms with Crippen molar-refractivity contribution in [2.24, 2.45) is 0 Å². The molecule has 23 heavy (non-hydrogen) atoms. The molecule has 0 aliphatic rings. The van der Waals surface area contributed by atoms with Crippen molar-refractivity contribution in [1.29, 1.82) is 0 Å². The number of benzene rings is 1. The SMILES string of the molecule is O=C(/C=C/c1ccc(I)o1)NCCCn1cnc2ccccc21. The van der Waals surface area contributed by atoms with Gasteiger partial charge in [0.05, 0.1) is 17.4 Å². The molecule has 0 aliphatic heterocycles. The van der Waals surface area contributed by atoms with Gasteiger partial charge in [0, 0.05) is 19.2 Å². The van der Waals surface area contributed by atoms with Crippen LogP contribution in [0, 0.1) is 3.77 Å². The Hall–Kier alpha value is -2.09. The summed E-state index contributed by atoms with van der Waals surface area (Å²) in [5.74, 6) is 0.557. The number of fused-ring (bicyclic) bond motifs is 1. The van der Waals surface area contributed by atoms with Gasteiger partial charge in [0.15, 0.2) is 3.77 Å². The lowest BCUT2D eigenvalue weighted by Crippen LogP contribution is -2.23. The number of hydrogen-bond donors (Lipinski definition) is 1. The first-order valence-electron chi connectivity index (χ1n) is 7.33. The molecule has 0 atom stereocenters. The van der Waals surface area contributed by atoms with E-state index in [9.17, 15) is 4.79 Å². The normalized spacial score (nSPS) is 11.3. The highest BCUT2D eigenvalue weighted by Crippen LogP contribution is 2.12. The van der Waals surface area contributed by atoms with Gasteiger partial charge in [-0.05, 0) is 59.4 Å². The monoisotopic (exact) mass is 421 g/mol. The Morgan fingerprint density at radius 1 is 1.30 bits per heavy atom. The average Bonchev–Trinajstić information content (AvgIpc) is 3.16. The van der Waals surface area contributed by atoms with E-state index in [0.29, 0.717) is 12.3 Å². The van der Waals surface area contributed by atoms with E-state index >= 15 is 0 Å². The molecule has 1 N–H and O–H groups in total. The Labute approximate surface area is 147 Å². The van der Waals surface area contributed by atoms with Crippen molar-refractivity contribution >= 4 is 45.6 Å². The van der Waals surface area contributed by atoms with Crippen molar-refractivity contribution in [2.75, 3.05) is 6.54 Å². The molecule has 0 bridgehead atoms. The highest BCUT2D eigenvalue weighted by Gasteiger charge is 2.01. The standard InChI is InChI=1S/C17H16IN3O2/c18-16-8-6-13(23-16)7-9-17(22)19-10-3-11-21-12-20-14-4-1-2-5-15(14)21/h1-2,4-9,12H,3,10-11H2,(H,19,22)/b9-7+. The Kier molecular flexibility index (Phi) is 5.12. The number of para-hydroxylation sites is 2. The number of rotatable bonds is 6. The third kappa shape index (κ3) is 4.22. The van der Waals surface area contributed by atoms with Crippen LogP contribution in [0.25, 0.3) is 17.1 Å². The van der Waals surface area contributed by atoms with Crippen LogP contribution in [-0.4, -0.2) is 22.0 Å². The van der Waals surface area contributed by atoms with E-state index in [0.717, 1.165) is 27.8 Å². The molecule has 1 aromatic carbocycles. The first kappa shape index (κ1) is 15.8. The van der Waals surface area contributed by atoms with Gasteiger partial charge < -0.3 is 14.3 Å². The third-order valence-corrected chi connectivity index (χ3v) is 3.98. The summed E-state index contributed by atoms with van der Waals surface area (Å²) < 4.78 is 8.26. The van der Waals surface area contributed by atoms with Crippen LogP contribution in [0.2, 0.25) is 0 Å². The van der Waals surface area contributed by atoms with Gasteiger partial charge in [0.2, 0.25) is 5.91 Å². The topological polar surface area (TPSA) is 60.1 Å². The lowest BCUT2D eigenvalue weighted by molar-refractivity contribution is -0.116. The summed E-state index contributed by atoms with van der Waals surface area (Å²) in [4.78, 5) is 16.1. The first-order valence-corrected chi connectivity index (χ1v) is 8.41. The molecular formula is C17H16IN3O2. The van der Waals surface area contributed by atoms with Crippen LogP contribution < -0.4 is 5.32 Å². The quantitative estimate of drug-likeness (QED) is 0.377. The van der Waals surface area contributed by atoms with Crippen LogP contribution in [-0.2, 0) is 11.3 Å². The molecule has 0 saturated carbocycles. The van der Waals surface area contributed by atoms with E-state index in [-0.39, 0.29) is 5.91 Å². The largest absolute Gasteiger partial charge is 0.451 e. The van der Waals surface area contributed by atoms with Gasteiger partial charge in [0.25, 0.3) is 0 Å². The smallest absolute Gasteiger partial charge is 0.244 e. The van der Waals surface area contributed by atoms with Crippen molar-refractivity contribution in [3.05, 3.63) is 58.3 Å². The summed E-state index contributed by atoms with van der Waals surface area (Å²) in [6, 6.07) is 11.7. The molecule has 0 fully saturated rings. The molecule has 5 nitrogen and oxygen atoms in total. The Balaban J connectivity index is 1.44. The van der Waals surface area contributed by atoms with Gasteiger partial charge in [-0.3, -0.25) is 4.79 Å². The van der Waals surface area contributed by atoms with Gasteiger partial charge in [-0.25, -0.2) is 4.98 Å². The van der Waals surface area contributed by atoms with Crippen LogP contribution in [0.3, 0.4) is 0 Å². The lowest BCUT2D eigenvalue weighted by atomic mass is 10.3. The van der Waals surface area contributed by atoms with E-state index in [4.69, 9.17) is 4.42 Å². The number of imidazole rings is 1. The Bertz CT molecular complexity index is 835. The molecule has 0 aliphatic carbocycles. The molecule has 2 aromatic heterocycles. The van der Waals surface area contributed by atoms with Crippen LogP contribution in [0.1, 0.15) is 12.2 Å². The van der Waals surface area contributed by atoms with Crippen molar-refractivity contribution in [3.63, 3.8) is 0 Å². The van der Waals surface area contributed by atoms with E-state index in [1.54, 1.807) is 6.08 Å². The third-order valence-electron chi connectivity index (χ3n) is 3.40. The van der Waals surface area contributed by atoms with Crippen LogP contribution >= 0.6 is 22.6 Å². The van der Waals surface area contributed by atoms with Crippen LogP contribution in [0.4, 0.5) is 0 Å². The summed E-state index contributed by atoms with van der Waals surface area (Å²) >= 11 is 2.09. The number of aryl methyl sites for hydroxylation is 1. The highest BCUT2D eigenvalue weighted by molar-refractivity contribution is 14.1. The van der Waals surface area contributed by atoms with Crippen molar-refractivity contribution in [2.45, 2.75) is 13.0 Å². The number of nitrogens with one attached hydrogen (secondary N) is 1. The van der Waals surface area contributed by atoms with E-state index < -0.39 is 0 Å². The van der Waals surface area contributed by atoms with Crippen LogP contribution in [0.5, 0.6) is 0 Å². The molecule has 1 amide bonds. The lowest BCUT2D eigenvalue weighted by Gasteiger charge is -2.05. The predicted molar refractivity (Wildman–Crippen MR) is 97.8 cm³/mol. The molecule has 2 heterocycles. The number of carbonyl (C=O) groups is 1. The zero-order valence-electron chi connectivity index (χ0n) is 12.4. The van der Waals surface area contributed by atoms with Crippen molar-refractivity contribution in [3.8, 4) is 0 Å². The van der Waals surface area contributed by atoms with Gasteiger partial charge in [-0.1, -0.05) is 12.1 Å². The molecular weight excluding hydrogens is 405 g/mol. The highest BCUT2D eigenvalue weighted by atomic mass is 127. The molecule has 3 aromatic rings. The predicted octanol–water partition coefficient (Wildman–Crippen LogP) is 3.45. The van der Waals surface area contributed by atoms with Gasteiger partial charge >= 0.3 is 0 Å². The minimum Gasteiger partial charge on any atom is -0.451 e. The zero-order valence-corrected chi connectivity index (χ0v) is 14.6. The van der Waals surface area contributed by atoms with E-state index in [2.05, 4.69) is 37.5 Å². The maximum Gasteiger partial charge on any atom is 0.244 e. The maximum absolute atomic E-state index is 11.7. The molecule has 0 saturated heterocycles. The number of aromatic nitrogens is 2. The second-order valence-electron chi connectivity index (χ2n) is 5.05. The second-order valence-corrected chi connectivity index (χ2v) is 6.11. The van der Waals surface area contributed by atoms with Gasteiger partial charge in [-0.2, -0.15) is 0 Å². The molecule has 0 radical (unpaired) electrons. The Morgan fingerprint density at radius 2 is 2.17 bits per heavy atom. The van der Waals surface area contributed by atoms with Crippen LogP contribution in [0.15, 0.2) is 53.2 Å². The summed E-state index contributed by atoms with van der Waals surface area (Å²) in [6.07, 6.45) is 5.84. The fourth-order valence-corrected chi connectivity index (χ4v) is 2.72. The molecule has 3 rings (SSSR count). The summed E-state index contributed by atoms with van der Waals surface area (Å²) in [7, 11) is 0. The average molecular weight is 421 g/mol. The molecule has 118 valence electrons. The number of halogens is 1. The number of carbonyl (C=O) groups excluding carboxylic acids is 1. The second kappa shape index (κ2) is 7.45. The maximum atomic E-state index is 11.7. The van der Waals surface area contributed by atoms with Gasteiger partial charge in [-0.15, -0.1) is 0 Å². The fraction of sp³-hybridized carbons (Fsp3) is 0.176. The Morgan fingerprint density at radius 3 is 3.00 bits per heavy atom. The minimum atomic E-state index is -0.119. The molecule has 6 heteroatoms. The number of hydrogen-bond acceptors (Lipinski definition) is 3. The summed E-state index contributed by atoms with van der Waals surface area (Å²) in [5, 5.41) is 2.87. The van der Waals surface area contributed by atoms with E-state index in [1.807, 2.05) is 42.7 Å². The van der Waals surface area contributed by atoms with Gasteiger partial charge in [0.1, 0.15) is 5.76 Å². The molecule has 0 spiro atoms. The number of nitrogens with zero attached hydrogens (tertiary/aromatic N) is 2. The summed E-state index contributed by atoms with van der Waals surface area (Å²) in [6.45, 7) is 1.44.